The molecule has 0 saturated carbocycles. The fourth-order valence-electron chi connectivity index (χ4n) is 3.45. The summed E-state index contributed by atoms with van der Waals surface area (Å²) in [7, 11) is 1.60. The van der Waals surface area contributed by atoms with Crippen molar-refractivity contribution >= 4 is 5.91 Å². The molecule has 154 valence electrons. The molecule has 1 aromatic heterocycles. The summed E-state index contributed by atoms with van der Waals surface area (Å²) in [4.78, 5) is 26.9. The number of methoxy groups -OCH3 is 1. The minimum absolute atomic E-state index is 0.107. The van der Waals surface area contributed by atoms with E-state index in [2.05, 4.69) is 5.10 Å². The summed E-state index contributed by atoms with van der Waals surface area (Å²) in [6.07, 6.45) is -0.167. The van der Waals surface area contributed by atoms with Gasteiger partial charge in [-0.3, -0.25) is 9.59 Å². The van der Waals surface area contributed by atoms with E-state index in [1.165, 1.54) is 10.7 Å². The average Bonchev–Trinajstić information content (AvgIpc) is 2.81. The molecule has 30 heavy (non-hydrogen) atoms. The zero-order valence-electron chi connectivity index (χ0n) is 16.7. The minimum Gasteiger partial charge on any atom is -0.497 e. The zero-order chi connectivity index (χ0) is 20.9. The highest BCUT2D eigenvalue weighted by molar-refractivity contribution is 5.76. The topological polar surface area (TPSA) is 73.7 Å². The molecule has 1 atom stereocenters. The Balaban J connectivity index is 1.49. The molecule has 1 aliphatic heterocycles. The van der Waals surface area contributed by atoms with Gasteiger partial charge in [-0.15, -0.1) is 0 Å². The van der Waals surface area contributed by atoms with Gasteiger partial charge in [-0.1, -0.05) is 30.3 Å². The van der Waals surface area contributed by atoms with Crippen molar-refractivity contribution in [2.24, 2.45) is 0 Å². The van der Waals surface area contributed by atoms with Gasteiger partial charge in [-0.05, 0) is 35.9 Å². The van der Waals surface area contributed by atoms with Gasteiger partial charge in [0.05, 0.1) is 26.0 Å². The molecular weight excluding hydrogens is 382 g/mol. The predicted octanol–water partition coefficient (Wildman–Crippen LogP) is 2.52. The van der Waals surface area contributed by atoms with Gasteiger partial charge < -0.3 is 14.4 Å². The Bertz CT molecular complexity index is 1060. The van der Waals surface area contributed by atoms with Crippen molar-refractivity contribution < 1.29 is 14.3 Å². The summed E-state index contributed by atoms with van der Waals surface area (Å²) in [6, 6.07) is 20.3. The van der Waals surface area contributed by atoms with Crippen LogP contribution in [0.5, 0.6) is 5.75 Å². The fraction of sp³-hybridized carbons (Fsp3) is 0.261. The summed E-state index contributed by atoms with van der Waals surface area (Å²) in [5.41, 5.74) is 2.18. The Hall–Kier alpha value is -3.45. The van der Waals surface area contributed by atoms with Crippen LogP contribution in [0, 0.1) is 0 Å². The number of benzene rings is 2. The van der Waals surface area contributed by atoms with Gasteiger partial charge in [0.1, 0.15) is 18.4 Å². The number of rotatable bonds is 5. The molecule has 7 heteroatoms. The molecule has 0 bridgehead atoms. The van der Waals surface area contributed by atoms with Gasteiger partial charge in [0.2, 0.25) is 5.91 Å². The monoisotopic (exact) mass is 405 g/mol. The van der Waals surface area contributed by atoms with Gasteiger partial charge in [-0.2, -0.15) is 5.10 Å². The van der Waals surface area contributed by atoms with Crippen molar-refractivity contribution in [3.8, 4) is 17.0 Å². The van der Waals surface area contributed by atoms with Crippen LogP contribution in [0.4, 0.5) is 0 Å². The van der Waals surface area contributed by atoms with Crippen molar-refractivity contribution in [2.45, 2.75) is 12.6 Å². The molecule has 7 nitrogen and oxygen atoms in total. The third kappa shape index (κ3) is 4.41. The number of amides is 1. The second-order valence-electron chi connectivity index (χ2n) is 7.05. The second kappa shape index (κ2) is 8.92. The van der Waals surface area contributed by atoms with Crippen molar-refractivity contribution in [1.29, 1.82) is 0 Å². The molecular formula is C23H23N3O4. The molecule has 1 amide bonds. The number of nitrogens with zero attached hydrogens (tertiary/aromatic N) is 3. The van der Waals surface area contributed by atoms with E-state index >= 15 is 0 Å². The van der Waals surface area contributed by atoms with E-state index in [1.807, 2.05) is 54.6 Å². The van der Waals surface area contributed by atoms with Gasteiger partial charge in [0.25, 0.3) is 5.56 Å². The van der Waals surface area contributed by atoms with Crippen LogP contribution in [0.15, 0.2) is 71.5 Å². The van der Waals surface area contributed by atoms with Crippen molar-refractivity contribution in [2.75, 3.05) is 26.8 Å². The van der Waals surface area contributed by atoms with Crippen LogP contribution >= 0.6 is 0 Å². The zero-order valence-corrected chi connectivity index (χ0v) is 16.7. The van der Waals surface area contributed by atoms with Crippen molar-refractivity contribution in [3.63, 3.8) is 0 Å². The number of hydrogen-bond acceptors (Lipinski definition) is 5. The van der Waals surface area contributed by atoms with E-state index in [1.54, 1.807) is 18.1 Å². The SMILES string of the molecule is COc1ccc(-c2ccc(=O)n(CC(=O)N3CCOC(c4ccccc4)C3)n2)cc1. The van der Waals surface area contributed by atoms with Crippen LogP contribution < -0.4 is 10.3 Å². The fourth-order valence-corrected chi connectivity index (χ4v) is 3.45. The Morgan fingerprint density at radius 3 is 2.60 bits per heavy atom. The van der Waals surface area contributed by atoms with Crippen LogP contribution in [0.25, 0.3) is 11.3 Å². The first-order valence-corrected chi connectivity index (χ1v) is 9.81. The highest BCUT2D eigenvalue weighted by Gasteiger charge is 2.25. The standard InChI is InChI=1S/C23H23N3O4/c1-29-19-9-7-17(8-10-19)20-11-12-22(27)26(24-20)16-23(28)25-13-14-30-21(15-25)18-5-3-2-4-6-18/h2-12,21H,13-16H2,1H3. The Kier molecular flexibility index (Phi) is 5.90. The van der Waals surface area contributed by atoms with Crippen LogP contribution in [0.3, 0.4) is 0 Å². The van der Waals surface area contributed by atoms with E-state index in [0.29, 0.717) is 25.4 Å². The molecule has 1 fully saturated rings. The molecule has 0 radical (unpaired) electrons. The molecule has 2 heterocycles. The predicted molar refractivity (Wildman–Crippen MR) is 112 cm³/mol. The maximum atomic E-state index is 12.9. The Labute approximate surface area is 174 Å². The lowest BCUT2D eigenvalue weighted by molar-refractivity contribution is -0.139. The summed E-state index contributed by atoms with van der Waals surface area (Å²) in [5.74, 6) is 0.586. The van der Waals surface area contributed by atoms with Crippen LogP contribution in [-0.4, -0.2) is 47.4 Å². The lowest BCUT2D eigenvalue weighted by Crippen LogP contribution is -2.44. The van der Waals surface area contributed by atoms with E-state index in [0.717, 1.165) is 16.9 Å². The average molecular weight is 405 g/mol. The van der Waals surface area contributed by atoms with E-state index in [-0.39, 0.29) is 24.1 Å². The first-order chi connectivity index (χ1) is 14.6. The van der Waals surface area contributed by atoms with E-state index in [9.17, 15) is 9.59 Å². The molecule has 0 spiro atoms. The Morgan fingerprint density at radius 2 is 1.87 bits per heavy atom. The number of aromatic nitrogens is 2. The van der Waals surface area contributed by atoms with Gasteiger partial charge >= 0.3 is 0 Å². The number of carbonyl (C=O) groups excluding carboxylic acids is 1. The normalized spacial score (nSPS) is 16.3. The van der Waals surface area contributed by atoms with Gasteiger partial charge in [0, 0.05) is 18.2 Å². The van der Waals surface area contributed by atoms with Crippen molar-refractivity contribution in [3.05, 3.63) is 82.6 Å². The molecule has 1 unspecified atom stereocenters. The molecule has 0 aliphatic carbocycles. The van der Waals surface area contributed by atoms with Gasteiger partial charge in [-0.25, -0.2) is 4.68 Å². The lowest BCUT2D eigenvalue weighted by Gasteiger charge is -2.33. The third-order valence-electron chi connectivity index (χ3n) is 5.13. The third-order valence-corrected chi connectivity index (χ3v) is 5.13. The summed E-state index contributed by atoms with van der Waals surface area (Å²) < 4.78 is 12.2. The second-order valence-corrected chi connectivity index (χ2v) is 7.05. The van der Waals surface area contributed by atoms with E-state index < -0.39 is 0 Å². The molecule has 4 rings (SSSR count). The number of hydrogen-bond donors (Lipinski definition) is 0. The largest absolute Gasteiger partial charge is 0.497 e. The highest BCUT2D eigenvalue weighted by Crippen LogP contribution is 2.22. The van der Waals surface area contributed by atoms with E-state index in [4.69, 9.17) is 9.47 Å². The van der Waals surface area contributed by atoms with Crippen LogP contribution in [-0.2, 0) is 16.1 Å². The maximum Gasteiger partial charge on any atom is 0.267 e. The lowest BCUT2D eigenvalue weighted by atomic mass is 10.1. The van der Waals surface area contributed by atoms with Gasteiger partial charge in [0.15, 0.2) is 0 Å². The minimum atomic E-state index is -0.312. The van der Waals surface area contributed by atoms with Crippen LogP contribution in [0.2, 0.25) is 0 Å². The number of morpholine rings is 1. The van der Waals surface area contributed by atoms with Crippen LogP contribution in [0.1, 0.15) is 11.7 Å². The summed E-state index contributed by atoms with van der Waals surface area (Å²) in [5, 5.41) is 4.39. The number of ether oxygens (including phenoxy) is 2. The van der Waals surface area contributed by atoms with Crippen molar-refractivity contribution in [1.82, 2.24) is 14.7 Å². The molecule has 2 aromatic carbocycles. The summed E-state index contributed by atoms with van der Waals surface area (Å²) in [6.45, 7) is 1.30. The number of carbonyl (C=O) groups is 1. The molecule has 1 aliphatic rings. The molecule has 0 N–H and O–H groups in total. The Morgan fingerprint density at radius 1 is 1.10 bits per heavy atom. The highest BCUT2D eigenvalue weighted by atomic mass is 16.5. The quantitative estimate of drug-likeness (QED) is 0.652. The first kappa shape index (κ1) is 19.8. The first-order valence-electron chi connectivity index (χ1n) is 9.81. The molecule has 3 aromatic rings. The summed E-state index contributed by atoms with van der Waals surface area (Å²) >= 11 is 0. The maximum absolute atomic E-state index is 12.9. The molecule has 1 saturated heterocycles. The smallest absolute Gasteiger partial charge is 0.267 e.